The van der Waals surface area contributed by atoms with E-state index >= 15 is 0 Å². The Bertz CT molecular complexity index is 398. The SMILES string of the molecule is COCC1CCCCN(CCN2C(=O)NC(C)(C)C2=O)C1. The second-order valence-corrected chi connectivity index (χ2v) is 6.63. The molecule has 0 aliphatic carbocycles. The number of methoxy groups -OCH3 is 1. The molecule has 3 amide bonds. The zero-order valence-corrected chi connectivity index (χ0v) is 13.4. The van der Waals surface area contributed by atoms with Crippen LogP contribution in [-0.4, -0.2) is 67.2 Å². The molecule has 2 saturated heterocycles. The minimum absolute atomic E-state index is 0.129. The number of rotatable bonds is 5. The highest BCUT2D eigenvalue weighted by atomic mass is 16.5. The summed E-state index contributed by atoms with van der Waals surface area (Å²) in [7, 11) is 1.74. The van der Waals surface area contributed by atoms with E-state index in [1.807, 2.05) is 0 Å². The normalized spacial score (nSPS) is 26.8. The number of ether oxygens (including phenoxy) is 1. The highest BCUT2D eigenvalue weighted by Gasteiger charge is 2.43. The summed E-state index contributed by atoms with van der Waals surface area (Å²) >= 11 is 0. The van der Waals surface area contributed by atoms with E-state index in [4.69, 9.17) is 4.74 Å². The van der Waals surface area contributed by atoms with E-state index in [1.165, 1.54) is 24.2 Å². The van der Waals surface area contributed by atoms with Crippen molar-refractivity contribution in [2.75, 3.05) is 39.9 Å². The fourth-order valence-electron chi connectivity index (χ4n) is 3.15. The van der Waals surface area contributed by atoms with Crippen LogP contribution in [0.5, 0.6) is 0 Å². The first kappa shape index (κ1) is 16.2. The van der Waals surface area contributed by atoms with Crippen molar-refractivity contribution < 1.29 is 14.3 Å². The van der Waals surface area contributed by atoms with E-state index in [0.717, 1.165) is 26.2 Å². The monoisotopic (exact) mass is 297 g/mol. The van der Waals surface area contributed by atoms with Gasteiger partial charge >= 0.3 is 6.03 Å². The maximum absolute atomic E-state index is 12.1. The first-order chi connectivity index (χ1) is 9.94. The molecule has 2 heterocycles. The van der Waals surface area contributed by atoms with Crippen molar-refractivity contribution in [3.05, 3.63) is 0 Å². The predicted molar refractivity (Wildman–Crippen MR) is 80.0 cm³/mol. The fraction of sp³-hybridized carbons (Fsp3) is 0.867. The first-order valence-corrected chi connectivity index (χ1v) is 7.79. The van der Waals surface area contributed by atoms with Gasteiger partial charge in [-0.15, -0.1) is 0 Å². The molecule has 0 radical (unpaired) electrons. The molecule has 1 unspecified atom stereocenters. The van der Waals surface area contributed by atoms with Gasteiger partial charge in [-0.2, -0.15) is 0 Å². The van der Waals surface area contributed by atoms with Gasteiger partial charge in [0.25, 0.3) is 5.91 Å². The average molecular weight is 297 g/mol. The molecule has 0 saturated carbocycles. The molecule has 0 bridgehead atoms. The molecule has 120 valence electrons. The third kappa shape index (κ3) is 3.95. The Morgan fingerprint density at radius 3 is 2.67 bits per heavy atom. The van der Waals surface area contributed by atoms with E-state index in [0.29, 0.717) is 12.5 Å². The van der Waals surface area contributed by atoms with Crippen LogP contribution in [0.15, 0.2) is 0 Å². The topological polar surface area (TPSA) is 61.9 Å². The van der Waals surface area contributed by atoms with Crippen molar-refractivity contribution in [3.8, 4) is 0 Å². The summed E-state index contributed by atoms with van der Waals surface area (Å²) in [5, 5.41) is 2.72. The van der Waals surface area contributed by atoms with E-state index in [-0.39, 0.29) is 11.9 Å². The molecule has 6 nitrogen and oxygen atoms in total. The predicted octanol–water partition coefficient (Wildman–Crippen LogP) is 1.07. The molecule has 1 atom stereocenters. The number of carbonyl (C=O) groups is 2. The fourth-order valence-corrected chi connectivity index (χ4v) is 3.15. The van der Waals surface area contributed by atoms with Crippen LogP contribution in [0.25, 0.3) is 0 Å². The summed E-state index contributed by atoms with van der Waals surface area (Å²) in [4.78, 5) is 27.7. The zero-order chi connectivity index (χ0) is 15.5. The number of carbonyl (C=O) groups excluding carboxylic acids is 2. The number of urea groups is 1. The van der Waals surface area contributed by atoms with Gasteiger partial charge in [-0.25, -0.2) is 4.79 Å². The molecule has 0 spiro atoms. The Morgan fingerprint density at radius 2 is 2.05 bits per heavy atom. The molecular formula is C15H27N3O3. The molecule has 2 aliphatic heterocycles. The van der Waals surface area contributed by atoms with Gasteiger partial charge in [-0.1, -0.05) is 6.42 Å². The Labute approximate surface area is 126 Å². The highest BCUT2D eigenvalue weighted by Crippen LogP contribution is 2.19. The van der Waals surface area contributed by atoms with Crippen molar-refractivity contribution in [2.45, 2.75) is 38.6 Å². The molecule has 6 heteroatoms. The number of imide groups is 1. The molecule has 1 N–H and O–H groups in total. The van der Waals surface area contributed by atoms with Gasteiger partial charge in [-0.05, 0) is 39.2 Å². The van der Waals surface area contributed by atoms with E-state index < -0.39 is 5.54 Å². The Balaban J connectivity index is 1.87. The second kappa shape index (κ2) is 6.75. The quantitative estimate of drug-likeness (QED) is 0.771. The summed E-state index contributed by atoms with van der Waals surface area (Å²) in [6.45, 7) is 7.51. The van der Waals surface area contributed by atoms with Gasteiger partial charge in [0, 0.05) is 26.7 Å². The zero-order valence-electron chi connectivity index (χ0n) is 13.4. The lowest BCUT2D eigenvalue weighted by Crippen LogP contribution is -2.42. The number of likely N-dealkylation sites (tertiary alicyclic amines) is 1. The van der Waals surface area contributed by atoms with Crippen LogP contribution >= 0.6 is 0 Å². The van der Waals surface area contributed by atoms with Crippen LogP contribution in [0.4, 0.5) is 4.79 Å². The third-order valence-electron chi connectivity index (χ3n) is 4.34. The van der Waals surface area contributed by atoms with E-state index in [2.05, 4.69) is 10.2 Å². The van der Waals surface area contributed by atoms with Crippen molar-refractivity contribution in [2.24, 2.45) is 5.92 Å². The number of nitrogens with one attached hydrogen (secondary N) is 1. The molecular weight excluding hydrogens is 270 g/mol. The molecule has 21 heavy (non-hydrogen) atoms. The molecule has 0 aromatic carbocycles. The highest BCUT2D eigenvalue weighted by molar-refractivity contribution is 6.06. The Hall–Kier alpha value is -1.14. The second-order valence-electron chi connectivity index (χ2n) is 6.63. The van der Waals surface area contributed by atoms with Crippen molar-refractivity contribution in [1.82, 2.24) is 15.1 Å². The summed E-state index contributed by atoms with van der Waals surface area (Å²) in [5.41, 5.74) is -0.769. The third-order valence-corrected chi connectivity index (χ3v) is 4.34. The standard InChI is InChI=1S/C15H27N3O3/c1-15(2)13(19)18(14(20)16-15)9-8-17-7-5-4-6-12(10-17)11-21-3/h12H,4-11H2,1-3H3,(H,16,20). The van der Waals surface area contributed by atoms with Crippen LogP contribution in [-0.2, 0) is 9.53 Å². The number of amides is 3. The van der Waals surface area contributed by atoms with Crippen LogP contribution in [0.2, 0.25) is 0 Å². The van der Waals surface area contributed by atoms with Crippen LogP contribution in [0.1, 0.15) is 33.1 Å². The van der Waals surface area contributed by atoms with Crippen LogP contribution < -0.4 is 5.32 Å². The maximum Gasteiger partial charge on any atom is 0.325 e. The number of nitrogens with zero attached hydrogens (tertiary/aromatic N) is 2. The summed E-state index contributed by atoms with van der Waals surface area (Å²) in [6, 6.07) is -0.270. The van der Waals surface area contributed by atoms with Crippen molar-refractivity contribution in [3.63, 3.8) is 0 Å². The van der Waals surface area contributed by atoms with Gasteiger partial charge in [0.2, 0.25) is 0 Å². The summed E-state index contributed by atoms with van der Waals surface area (Å²) in [6.07, 6.45) is 3.59. The van der Waals surface area contributed by atoms with Gasteiger partial charge in [0.05, 0.1) is 6.61 Å². The van der Waals surface area contributed by atoms with E-state index in [1.54, 1.807) is 21.0 Å². The molecule has 0 aromatic rings. The van der Waals surface area contributed by atoms with Gasteiger partial charge in [0.1, 0.15) is 5.54 Å². The molecule has 2 aliphatic rings. The van der Waals surface area contributed by atoms with Gasteiger partial charge < -0.3 is 15.0 Å². The van der Waals surface area contributed by atoms with Crippen LogP contribution in [0, 0.1) is 5.92 Å². The minimum atomic E-state index is -0.769. The van der Waals surface area contributed by atoms with Gasteiger partial charge in [-0.3, -0.25) is 9.69 Å². The minimum Gasteiger partial charge on any atom is -0.384 e. The number of hydrogen-bond acceptors (Lipinski definition) is 4. The van der Waals surface area contributed by atoms with Gasteiger partial charge in [0.15, 0.2) is 0 Å². The molecule has 2 rings (SSSR count). The summed E-state index contributed by atoms with van der Waals surface area (Å²) in [5.74, 6) is 0.424. The Morgan fingerprint density at radius 1 is 1.29 bits per heavy atom. The lowest BCUT2D eigenvalue weighted by atomic mass is 10.0. The lowest BCUT2D eigenvalue weighted by molar-refractivity contribution is -0.130. The smallest absolute Gasteiger partial charge is 0.325 e. The first-order valence-electron chi connectivity index (χ1n) is 7.79. The van der Waals surface area contributed by atoms with Crippen LogP contribution in [0.3, 0.4) is 0 Å². The Kier molecular flexibility index (Phi) is 5.22. The lowest BCUT2D eigenvalue weighted by Gasteiger charge is -2.25. The molecule has 0 aromatic heterocycles. The largest absolute Gasteiger partial charge is 0.384 e. The van der Waals surface area contributed by atoms with E-state index in [9.17, 15) is 9.59 Å². The maximum atomic E-state index is 12.1. The van der Waals surface area contributed by atoms with Crippen molar-refractivity contribution >= 4 is 11.9 Å². The summed E-state index contributed by atoms with van der Waals surface area (Å²) < 4.78 is 5.27. The number of hydrogen-bond donors (Lipinski definition) is 1. The molecule has 2 fully saturated rings. The van der Waals surface area contributed by atoms with Crippen molar-refractivity contribution in [1.29, 1.82) is 0 Å². The average Bonchev–Trinajstić information content (AvgIpc) is 2.59.